The second-order valence-corrected chi connectivity index (χ2v) is 13.6. The third-order valence-electron chi connectivity index (χ3n) is 8.95. The molecule has 3 aliphatic heterocycles. The largest absolute Gasteiger partial charge is 0.497 e. The number of piperazine rings is 1. The number of likely N-dealkylation sites (tertiary alicyclic amines) is 1. The molecule has 10 heteroatoms. The molecule has 0 bridgehead atoms. The van der Waals surface area contributed by atoms with Crippen molar-refractivity contribution in [2.45, 2.75) is 56.6 Å². The molecule has 9 nitrogen and oxygen atoms in total. The molecule has 3 aliphatic rings. The van der Waals surface area contributed by atoms with E-state index in [4.69, 9.17) is 9.47 Å². The predicted octanol–water partition coefficient (Wildman–Crippen LogP) is 2.68. The average Bonchev–Trinajstić information content (AvgIpc) is 2.96. The van der Waals surface area contributed by atoms with E-state index >= 15 is 0 Å². The van der Waals surface area contributed by atoms with E-state index in [0.29, 0.717) is 47.3 Å². The van der Waals surface area contributed by atoms with Crippen LogP contribution in [0.3, 0.4) is 0 Å². The Bertz CT molecular complexity index is 1310. The fraction of sp³-hybridized carbons (Fsp3) is 0.581. The van der Waals surface area contributed by atoms with Crippen molar-refractivity contribution < 1.29 is 22.7 Å². The van der Waals surface area contributed by atoms with E-state index in [0.717, 1.165) is 37.3 Å². The van der Waals surface area contributed by atoms with Crippen LogP contribution in [0.1, 0.15) is 35.1 Å². The van der Waals surface area contributed by atoms with Crippen LogP contribution in [0, 0.1) is 13.8 Å². The molecule has 0 spiro atoms. The predicted molar refractivity (Wildman–Crippen MR) is 159 cm³/mol. The molecule has 2 aromatic carbocycles. The molecular weight excluding hydrogens is 540 g/mol. The number of rotatable bonds is 8. The van der Waals surface area contributed by atoms with Crippen molar-refractivity contribution >= 4 is 15.9 Å². The van der Waals surface area contributed by atoms with Crippen molar-refractivity contribution in [3.05, 3.63) is 58.7 Å². The Labute approximate surface area is 245 Å². The summed E-state index contributed by atoms with van der Waals surface area (Å²) >= 11 is 0. The summed E-state index contributed by atoms with van der Waals surface area (Å²) in [6.45, 7) is 9.46. The van der Waals surface area contributed by atoms with Crippen molar-refractivity contribution in [3.63, 3.8) is 0 Å². The minimum absolute atomic E-state index is 0.0273. The molecular formula is C31H44N4O5S. The summed E-state index contributed by atoms with van der Waals surface area (Å²) in [5.74, 6) is 0.606. The number of ether oxygens (including phenoxy) is 2. The number of hydrogen-bond donors (Lipinski definition) is 0. The number of nitrogens with zero attached hydrogens (tertiary/aromatic N) is 4. The molecule has 1 amide bonds. The maximum atomic E-state index is 14.1. The van der Waals surface area contributed by atoms with Crippen molar-refractivity contribution in [2.75, 3.05) is 66.6 Å². The van der Waals surface area contributed by atoms with Crippen molar-refractivity contribution in [2.24, 2.45) is 0 Å². The fourth-order valence-corrected chi connectivity index (χ4v) is 8.61. The van der Waals surface area contributed by atoms with Crippen LogP contribution in [-0.2, 0) is 32.5 Å². The molecule has 1 atom stereocenters. The molecule has 0 aromatic heterocycles. The monoisotopic (exact) mass is 584 g/mol. The lowest BCUT2D eigenvalue weighted by molar-refractivity contribution is -0.138. The summed E-state index contributed by atoms with van der Waals surface area (Å²) < 4.78 is 41.1. The first-order chi connectivity index (χ1) is 19.7. The lowest BCUT2D eigenvalue weighted by atomic mass is 9.96. The standard InChI is InChI=1S/C31H44N4O5S/c1-23-17-29(39-4)18-24(2)31(23)41(37,38)35-20-26-8-6-5-7-25(26)19-28(35)21-40-22-30(36)34-15-13-33(14-16-34)27-9-11-32(3)12-10-27/h5-8,17-18,27-28H,9-16,19-22H2,1-4H3. The van der Waals surface area contributed by atoms with Gasteiger partial charge in [-0.05, 0) is 87.6 Å². The number of amides is 1. The molecule has 0 saturated carbocycles. The number of carbonyl (C=O) groups excluding carboxylic acids is 1. The van der Waals surface area contributed by atoms with Crippen LogP contribution >= 0.6 is 0 Å². The first kappa shape index (κ1) is 30.0. The molecule has 2 fully saturated rings. The van der Waals surface area contributed by atoms with Gasteiger partial charge in [0.15, 0.2) is 0 Å². The van der Waals surface area contributed by atoms with E-state index in [-0.39, 0.29) is 25.7 Å². The smallest absolute Gasteiger partial charge is 0.248 e. The van der Waals surface area contributed by atoms with E-state index < -0.39 is 16.1 Å². The number of piperidine rings is 1. The van der Waals surface area contributed by atoms with Crippen molar-refractivity contribution in [1.82, 2.24) is 19.0 Å². The maximum absolute atomic E-state index is 14.1. The minimum atomic E-state index is -3.84. The summed E-state index contributed by atoms with van der Waals surface area (Å²) in [6.07, 6.45) is 2.91. The molecule has 2 aromatic rings. The highest BCUT2D eigenvalue weighted by atomic mass is 32.2. The minimum Gasteiger partial charge on any atom is -0.497 e. The van der Waals surface area contributed by atoms with Gasteiger partial charge < -0.3 is 19.3 Å². The number of benzene rings is 2. The zero-order chi connectivity index (χ0) is 29.1. The summed E-state index contributed by atoms with van der Waals surface area (Å²) in [5, 5.41) is 0. The van der Waals surface area contributed by atoms with Gasteiger partial charge in [-0.25, -0.2) is 8.42 Å². The fourth-order valence-electron chi connectivity index (χ4n) is 6.61. The highest BCUT2D eigenvalue weighted by Gasteiger charge is 2.38. The van der Waals surface area contributed by atoms with Gasteiger partial charge in [0, 0.05) is 38.8 Å². The highest BCUT2D eigenvalue weighted by Crippen LogP contribution is 2.33. The molecule has 1 unspecified atom stereocenters. The van der Waals surface area contributed by atoms with Crippen LogP contribution < -0.4 is 4.74 Å². The molecule has 224 valence electrons. The second kappa shape index (κ2) is 12.8. The van der Waals surface area contributed by atoms with Gasteiger partial charge >= 0.3 is 0 Å². The topological polar surface area (TPSA) is 82.6 Å². The summed E-state index contributed by atoms with van der Waals surface area (Å²) in [7, 11) is -0.0850. The maximum Gasteiger partial charge on any atom is 0.248 e. The summed E-state index contributed by atoms with van der Waals surface area (Å²) in [4.78, 5) is 20.2. The summed E-state index contributed by atoms with van der Waals surface area (Å²) in [6, 6.07) is 11.7. The SMILES string of the molecule is COc1cc(C)c(S(=O)(=O)N2Cc3ccccc3CC2COCC(=O)N2CCN(C3CCN(C)CC3)CC2)c(C)c1. The van der Waals surface area contributed by atoms with E-state index in [2.05, 4.69) is 16.8 Å². The first-order valence-electron chi connectivity index (χ1n) is 14.7. The lowest BCUT2D eigenvalue weighted by Gasteiger charge is -2.42. The molecule has 41 heavy (non-hydrogen) atoms. The molecule has 0 N–H and O–H groups in total. The zero-order valence-electron chi connectivity index (χ0n) is 24.8. The molecule has 2 saturated heterocycles. The third-order valence-corrected chi connectivity index (χ3v) is 11.2. The van der Waals surface area contributed by atoms with Crippen LogP contribution in [0.4, 0.5) is 0 Å². The molecule has 5 rings (SSSR count). The van der Waals surface area contributed by atoms with E-state index in [1.165, 1.54) is 12.8 Å². The number of fused-ring (bicyclic) bond motifs is 1. The van der Waals surface area contributed by atoms with Gasteiger partial charge in [0.1, 0.15) is 12.4 Å². The Hall–Kier alpha value is -2.50. The third kappa shape index (κ3) is 6.62. The van der Waals surface area contributed by atoms with Crippen LogP contribution in [0.2, 0.25) is 0 Å². The molecule has 0 radical (unpaired) electrons. The normalized spacial score (nSPS) is 21.6. The van der Waals surface area contributed by atoms with Gasteiger partial charge in [-0.2, -0.15) is 4.31 Å². The number of hydrogen-bond acceptors (Lipinski definition) is 7. The lowest BCUT2D eigenvalue weighted by Crippen LogP contribution is -2.54. The van der Waals surface area contributed by atoms with Gasteiger partial charge in [-0.15, -0.1) is 0 Å². The van der Waals surface area contributed by atoms with Crippen LogP contribution in [-0.4, -0.2) is 112 Å². The zero-order valence-corrected chi connectivity index (χ0v) is 25.7. The van der Waals surface area contributed by atoms with Gasteiger partial charge in [0.2, 0.25) is 15.9 Å². The van der Waals surface area contributed by atoms with Gasteiger partial charge in [0.25, 0.3) is 0 Å². The number of sulfonamides is 1. The average molecular weight is 585 g/mol. The van der Waals surface area contributed by atoms with Crippen LogP contribution in [0.15, 0.2) is 41.3 Å². The summed E-state index contributed by atoms with van der Waals surface area (Å²) in [5.41, 5.74) is 3.41. The highest BCUT2D eigenvalue weighted by molar-refractivity contribution is 7.89. The van der Waals surface area contributed by atoms with Crippen molar-refractivity contribution in [3.8, 4) is 5.75 Å². The van der Waals surface area contributed by atoms with Crippen molar-refractivity contribution in [1.29, 1.82) is 0 Å². The van der Waals surface area contributed by atoms with Gasteiger partial charge in [-0.3, -0.25) is 9.69 Å². The van der Waals surface area contributed by atoms with E-state index in [9.17, 15) is 13.2 Å². The first-order valence-corrected chi connectivity index (χ1v) is 16.1. The second-order valence-electron chi connectivity index (χ2n) is 11.7. The molecule has 0 aliphatic carbocycles. The Morgan fingerprint density at radius 3 is 2.22 bits per heavy atom. The molecule has 3 heterocycles. The number of methoxy groups -OCH3 is 1. The number of carbonyl (C=O) groups is 1. The Kier molecular flexibility index (Phi) is 9.35. The van der Waals surface area contributed by atoms with E-state index in [1.54, 1.807) is 37.4 Å². The van der Waals surface area contributed by atoms with Crippen LogP contribution in [0.5, 0.6) is 5.75 Å². The van der Waals surface area contributed by atoms with E-state index in [1.807, 2.05) is 29.2 Å². The van der Waals surface area contributed by atoms with Gasteiger partial charge in [-0.1, -0.05) is 24.3 Å². The Morgan fingerprint density at radius 1 is 0.951 bits per heavy atom. The number of aryl methyl sites for hydroxylation is 2. The quantitative estimate of drug-likeness (QED) is 0.472. The van der Waals surface area contributed by atoms with Gasteiger partial charge in [0.05, 0.1) is 24.7 Å². The Balaban J connectivity index is 1.23. The van der Waals surface area contributed by atoms with Crippen LogP contribution in [0.25, 0.3) is 0 Å². The Morgan fingerprint density at radius 2 is 1.59 bits per heavy atom.